The van der Waals surface area contributed by atoms with E-state index >= 15 is 0 Å². The summed E-state index contributed by atoms with van der Waals surface area (Å²) in [6, 6.07) is 6.54. The highest BCUT2D eigenvalue weighted by Gasteiger charge is 2.19. The van der Waals surface area contributed by atoms with E-state index in [-0.39, 0.29) is 10.8 Å². The molecule has 1 saturated heterocycles. The summed E-state index contributed by atoms with van der Waals surface area (Å²) in [5, 5.41) is 0. The molecule has 0 saturated carbocycles. The number of hydrogen-bond acceptors (Lipinski definition) is 3. The zero-order chi connectivity index (χ0) is 14.8. The number of rotatable bonds is 4. The lowest BCUT2D eigenvalue weighted by molar-refractivity contribution is -0.129. The van der Waals surface area contributed by atoms with Gasteiger partial charge in [-0.05, 0) is 30.5 Å². The summed E-state index contributed by atoms with van der Waals surface area (Å²) in [7, 11) is -0.400. The minimum Gasteiger partial charge on any atom is -0.342 e. The SMILES string of the molecule is CN(C)S(=O)(=O)c1ccc(CC(=O)N2CCCC2)cc1. The van der Waals surface area contributed by atoms with Crippen LogP contribution in [0.1, 0.15) is 18.4 Å². The molecule has 0 radical (unpaired) electrons. The molecule has 1 aliphatic rings. The first-order valence-electron chi connectivity index (χ1n) is 6.70. The van der Waals surface area contributed by atoms with E-state index in [1.165, 1.54) is 18.4 Å². The average molecular weight is 296 g/mol. The molecule has 0 spiro atoms. The topological polar surface area (TPSA) is 57.7 Å². The zero-order valence-electron chi connectivity index (χ0n) is 11.9. The molecule has 0 atom stereocenters. The van der Waals surface area contributed by atoms with Crippen LogP contribution < -0.4 is 0 Å². The van der Waals surface area contributed by atoms with E-state index in [2.05, 4.69) is 0 Å². The van der Waals surface area contributed by atoms with E-state index in [1.807, 2.05) is 4.90 Å². The van der Waals surface area contributed by atoms with Gasteiger partial charge >= 0.3 is 0 Å². The van der Waals surface area contributed by atoms with Crippen LogP contribution in [-0.2, 0) is 21.2 Å². The van der Waals surface area contributed by atoms with Gasteiger partial charge in [0, 0.05) is 27.2 Å². The fourth-order valence-corrected chi connectivity index (χ4v) is 3.14. The van der Waals surface area contributed by atoms with Crippen LogP contribution in [0, 0.1) is 0 Å². The van der Waals surface area contributed by atoms with Gasteiger partial charge < -0.3 is 4.90 Å². The lowest BCUT2D eigenvalue weighted by atomic mass is 10.1. The van der Waals surface area contributed by atoms with Crippen molar-refractivity contribution in [2.75, 3.05) is 27.2 Å². The molecule has 1 aromatic carbocycles. The van der Waals surface area contributed by atoms with Crippen LogP contribution in [0.4, 0.5) is 0 Å². The van der Waals surface area contributed by atoms with Gasteiger partial charge in [-0.1, -0.05) is 12.1 Å². The number of amides is 1. The van der Waals surface area contributed by atoms with Crippen LogP contribution in [0.25, 0.3) is 0 Å². The van der Waals surface area contributed by atoms with Crippen molar-refractivity contribution in [3.8, 4) is 0 Å². The Kier molecular flexibility index (Phi) is 4.45. The second-order valence-corrected chi connectivity index (χ2v) is 7.35. The summed E-state index contributed by atoms with van der Waals surface area (Å²) in [6.45, 7) is 1.68. The van der Waals surface area contributed by atoms with Crippen molar-refractivity contribution < 1.29 is 13.2 Å². The summed E-state index contributed by atoms with van der Waals surface area (Å²) in [4.78, 5) is 14.1. The predicted octanol–water partition coefficient (Wildman–Crippen LogP) is 1.10. The minimum absolute atomic E-state index is 0.116. The van der Waals surface area contributed by atoms with Gasteiger partial charge in [0.25, 0.3) is 0 Å². The third kappa shape index (κ3) is 3.19. The smallest absolute Gasteiger partial charge is 0.242 e. The third-order valence-electron chi connectivity index (χ3n) is 3.52. The third-order valence-corrected chi connectivity index (χ3v) is 5.35. The molecule has 0 aromatic heterocycles. The van der Waals surface area contributed by atoms with E-state index in [0.717, 1.165) is 31.5 Å². The Morgan fingerprint density at radius 3 is 2.20 bits per heavy atom. The van der Waals surface area contributed by atoms with Crippen molar-refractivity contribution in [1.29, 1.82) is 0 Å². The van der Waals surface area contributed by atoms with Crippen LogP contribution in [0.5, 0.6) is 0 Å². The van der Waals surface area contributed by atoms with Gasteiger partial charge in [0.15, 0.2) is 0 Å². The molecule has 1 amide bonds. The molecule has 1 fully saturated rings. The van der Waals surface area contributed by atoms with Gasteiger partial charge in [-0.15, -0.1) is 0 Å². The molecule has 0 bridgehead atoms. The molecule has 110 valence electrons. The monoisotopic (exact) mass is 296 g/mol. The Balaban J connectivity index is 2.07. The highest BCUT2D eigenvalue weighted by molar-refractivity contribution is 7.89. The molecule has 1 aliphatic heterocycles. The lowest BCUT2D eigenvalue weighted by Gasteiger charge is -2.15. The molecular weight excluding hydrogens is 276 g/mol. The molecule has 2 rings (SSSR count). The fourth-order valence-electron chi connectivity index (χ4n) is 2.24. The molecule has 6 heteroatoms. The molecule has 1 aromatic rings. The first-order chi connectivity index (χ1) is 9.41. The van der Waals surface area contributed by atoms with Gasteiger partial charge in [-0.3, -0.25) is 4.79 Å². The summed E-state index contributed by atoms with van der Waals surface area (Å²) < 4.78 is 25.0. The number of carbonyl (C=O) groups is 1. The maximum atomic E-state index is 12.0. The fraction of sp³-hybridized carbons (Fsp3) is 0.500. The van der Waals surface area contributed by atoms with Crippen LogP contribution in [0.15, 0.2) is 29.2 Å². The molecule has 0 N–H and O–H groups in total. The van der Waals surface area contributed by atoms with E-state index < -0.39 is 10.0 Å². The first-order valence-corrected chi connectivity index (χ1v) is 8.14. The van der Waals surface area contributed by atoms with Crippen LogP contribution in [0.3, 0.4) is 0 Å². The van der Waals surface area contributed by atoms with E-state index in [0.29, 0.717) is 6.42 Å². The molecule has 1 heterocycles. The van der Waals surface area contributed by atoms with E-state index in [1.54, 1.807) is 24.3 Å². The Hall–Kier alpha value is -1.40. The number of benzene rings is 1. The van der Waals surface area contributed by atoms with Crippen molar-refractivity contribution in [3.05, 3.63) is 29.8 Å². The number of carbonyl (C=O) groups excluding carboxylic acids is 1. The van der Waals surface area contributed by atoms with Crippen LogP contribution >= 0.6 is 0 Å². The van der Waals surface area contributed by atoms with Crippen molar-refractivity contribution in [1.82, 2.24) is 9.21 Å². The van der Waals surface area contributed by atoms with Gasteiger partial charge in [0.2, 0.25) is 15.9 Å². The molecule has 0 unspecified atom stereocenters. The van der Waals surface area contributed by atoms with Crippen molar-refractivity contribution in [2.45, 2.75) is 24.2 Å². The second kappa shape index (κ2) is 5.93. The minimum atomic E-state index is -3.40. The normalized spacial score (nSPS) is 15.8. The molecule has 5 nitrogen and oxygen atoms in total. The van der Waals surface area contributed by atoms with Crippen molar-refractivity contribution in [3.63, 3.8) is 0 Å². The van der Waals surface area contributed by atoms with E-state index in [9.17, 15) is 13.2 Å². The van der Waals surface area contributed by atoms with Gasteiger partial charge in [-0.25, -0.2) is 12.7 Å². The van der Waals surface area contributed by atoms with Crippen LogP contribution in [-0.4, -0.2) is 50.7 Å². The van der Waals surface area contributed by atoms with Crippen LogP contribution in [0.2, 0.25) is 0 Å². The maximum absolute atomic E-state index is 12.0. The number of sulfonamides is 1. The highest BCUT2D eigenvalue weighted by atomic mass is 32.2. The predicted molar refractivity (Wildman–Crippen MR) is 76.8 cm³/mol. The average Bonchev–Trinajstić information content (AvgIpc) is 2.93. The zero-order valence-corrected chi connectivity index (χ0v) is 12.7. The number of likely N-dealkylation sites (tertiary alicyclic amines) is 1. The molecule has 0 aliphatic carbocycles. The Labute approximate surface area is 120 Å². The Morgan fingerprint density at radius 1 is 1.15 bits per heavy atom. The van der Waals surface area contributed by atoms with Gasteiger partial charge in [0.05, 0.1) is 11.3 Å². The Bertz CT molecular complexity index is 573. The largest absolute Gasteiger partial charge is 0.342 e. The maximum Gasteiger partial charge on any atom is 0.242 e. The summed E-state index contributed by atoms with van der Waals surface area (Å²) >= 11 is 0. The molecular formula is C14H20N2O3S. The lowest BCUT2D eigenvalue weighted by Crippen LogP contribution is -2.29. The van der Waals surface area contributed by atoms with Crippen molar-refractivity contribution in [2.24, 2.45) is 0 Å². The second-order valence-electron chi connectivity index (χ2n) is 5.20. The highest BCUT2D eigenvalue weighted by Crippen LogP contribution is 2.15. The summed E-state index contributed by atoms with van der Waals surface area (Å²) in [6.07, 6.45) is 2.49. The summed E-state index contributed by atoms with van der Waals surface area (Å²) in [5.41, 5.74) is 0.847. The Morgan fingerprint density at radius 2 is 1.70 bits per heavy atom. The number of hydrogen-bond donors (Lipinski definition) is 0. The van der Waals surface area contributed by atoms with E-state index in [4.69, 9.17) is 0 Å². The summed E-state index contributed by atoms with van der Waals surface area (Å²) in [5.74, 6) is 0.116. The standard InChI is InChI=1S/C14H20N2O3S/c1-15(2)20(18,19)13-7-5-12(6-8-13)11-14(17)16-9-3-4-10-16/h5-8H,3-4,9-11H2,1-2H3. The number of nitrogens with zero attached hydrogens (tertiary/aromatic N) is 2. The quantitative estimate of drug-likeness (QED) is 0.836. The van der Waals surface area contributed by atoms with Gasteiger partial charge in [-0.2, -0.15) is 0 Å². The van der Waals surface area contributed by atoms with Crippen molar-refractivity contribution >= 4 is 15.9 Å². The molecule has 20 heavy (non-hydrogen) atoms. The first kappa shape index (κ1) is 15.0. The van der Waals surface area contributed by atoms with Gasteiger partial charge in [0.1, 0.15) is 0 Å².